The molecule has 8 heteroatoms. The van der Waals surface area contributed by atoms with Crippen LogP contribution in [0.25, 0.3) is 11.2 Å². The Hall–Kier alpha value is -2.48. The number of ether oxygens (including phenoxy) is 1. The van der Waals surface area contributed by atoms with E-state index in [1.54, 1.807) is 24.3 Å². The summed E-state index contributed by atoms with van der Waals surface area (Å²) in [6.45, 7) is 1.89. The number of methoxy groups -OCH3 is 1. The highest BCUT2D eigenvalue weighted by atomic mass is 32.2. The molecule has 0 atom stereocenters. The first-order valence-electron chi connectivity index (χ1n) is 6.08. The Morgan fingerprint density at radius 2 is 1.81 bits per heavy atom. The van der Waals surface area contributed by atoms with Crippen molar-refractivity contribution in [2.75, 3.05) is 7.11 Å². The first-order chi connectivity index (χ1) is 10.0. The molecule has 2 heterocycles. The van der Waals surface area contributed by atoms with Crippen LogP contribution in [0.1, 0.15) is 5.56 Å². The molecule has 108 valence electrons. The van der Waals surface area contributed by atoms with Gasteiger partial charge in [-0.2, -0.15) is 4.98 Å². The molecule has 0 amide bonds. The van der Waals surface area contributed by atoms with Gasteiger partial charge >= 0.3 is 0 Å². The largest absolute Gasteiger partial charge is 0.479 e. The van der Waals surface area contributed by atoms with Crippen molar-refractivity contribution in [1.82, 2.24) is 18.9 Å². The van der Waals surface area contributed by atoms with E-state index >= 15 is 0 Å². The molecule has 21 heavy (non-hydrogen) atoms. The van der Waals surface area contributed by atoms with Crippen LogP contribution in [0.5, 0.6) is 5.88 Å². The number of aromatic nitrogens is 4. The maximum absolute atomic E-state index is 12.6. The maximum atomic E-state index is 12.6. The molecule has 0 aliphatic carbocycles. The van der Waals surface area contributed by atoms with Gasteiger partial charge in [0.25, 0.3) is 10.0 Å². The fraction of sp³-hybridized carbons (Fsp3) is 0.154. The Morgan fingerprint density at radius 3 is 2.48 bits per heavy atom. The molecular formula is C13H12N4O3S. The van der Waals surface area contributed by atoms with Crippen LogP contribution in [0, 0.1) is 6.92 Å². The van der Waals surface area contributed by atoms with Crippen molar-refractivity contribution < 1.29 is 13.2 Å². The summed E-state index contributed by atoms with van der Waals surface area (Å²) >= 11 is 0. The lowest BCUT2D eigenvalue weighted by Crippen LogP contribution is -2.12. The molecule has 0 spiro atoms. The molecule has 0 saturated heterocycles. The van der Waals surface area contributed by atoms with Gasteiger partial charge in [-0.25, -0.2) is 22.4 Å². The fourth-order valence-electron chi connectivity index (χ4n) is 1.94. The van der Waals surface area contributed by atoms with Crippen molar-refractivity contribution in [3.8, 4) is 5.88 Å². The average molecular weight is 304 g/mol. The van der Waals surface area contributed by atoms with Crippen LogP contribution in [0.3, 0.4) is 0 Å². The van der Waals surface area contributed by atoms with Crippen LogP contribution < -0.4 is 4.74 Å². The molecule has 1 aromatic carbocycles. The number of hydrogen-bond donors (Lipinski definition) is 0. The molecule has 2 aromatic heterocycles. The Kier molecular flexibility index (Phi) is 3.09. The second-order valence-electron chi connectivity index (χ2n) is 4.41. The molecule has 0 aliphatic rings. The number of benzene rings is 1. The quantitative estimate of drug-likeness (QED) is 0.726. The molecule has 0 saturated carbocycles. The molecule has 0 aliphatic heterocycles. The van der Waals surface area contributed by atoms with Crippen LogP contribution in [0.4, 0.5) is 0 Å². The first-order valence-corrected chi connectivity index (χ1v) is 7.52. The van der Waals surface area contributed by atoms with Crippen LogP contribution in [-0.2, 0) is 10.0 Å². The van der Waals surface area contributed by atoms with Crippen LogP contribution >= 0.6 is 0 Å². The van der Waals surface area contributed by atoms with Crippen LogP contribution in [-0.4, -0.2) is 34.5 Å². The maximum Gasteiger partial charge on any atom is 0.270 e. The number of nitrogens with zero attached hydrogens (tertiary/aromatic N) is 4. The van der Waals surface area contributed by atoms with E-state index in [-0.39, 0.29) is 16.4 Å². The monoisotopic (exact) mass is 304 g/mol. The predicted octanol–water partition coefficient (Wildman–Crippen LogP) is 1.38. The highest BCUT2D eigenvalue weighted by Crippen LogP contribution is 2.23. The van der Waals surface area contributed by atoms with Gasteiger partial charge < -0.3 is 4.74 Å². The van der Waals surface area contributed by atoms with E-state index in [0.717, 1.165) is 9.54 Å². The first kappa shape index (κ1) is 13.5. The summed E-state index contributed by atoms with van der Waals surface area (Å²) in [7, 11) is -2.32. The second-order valence-corrected chi connectivity index (χ2v) is 6.23. The Balaban J connectivity index is 2.22. The lowest BCUT2D eigenvalue weighted by atomic mass is 10.2. The van der Waals surface area contributed by atoms with Gasteiger partial charge in [-0.05, 0) is 19.1 Å². The van der Waals surface area contributed by atoms with Gasteiger partial charge in [-0.3, -0.25) is 0 Å². The van der Waals surface area contributed by atoms with Crippen molar-refractivity contribution in [2.45, 2.75) is 11.8 Å². The minimum atomic E-state index is -3.76. The summed E-state index contributed by atoms with van der Waals surface area (Å²) in [6, 6.07) is 6.58. The highest BCUT2D eigenvalue weighted by molar-refractivity contribution is 7.90. The SMILES string of the molecule is COc1ncnc2c1ncn2S(=O)(=O)c1ccc(C)cc1. The second kappa shape index (κ2) is 4.81. The smallest absolute Gasteiger partial charge is 0.270 e. The van der Waals surface area contributed by atoms with Gasteiger partial charge in [-0.15, -0.1) is 0 Å². The molecule has 0 radical (unpaired) electrons. The summed E-state index contributed by atoms with van der Waals surface area (Å²) in [5.74, 6) is 0.234. The van der Waals surface area contributed by atoms with Crippen molar-refractivity contribution in [2.24, 2.45) is 0 Å². The van der Waals surface area contributed by atoms with Gasteiger partial charge in [0.15, 0.2) is 11.2 Å². The van der Waals surface area contributed by atoms with Crippen molar-refractivity contribution in [1.29, 1.82) is 0 Å². The van der Waals surface area contributed by atoms with Gasteiger partial charge in [0.05, 0.1) is 12.0 Å². The van der Waals surface area contributed by atoms with E-state index < -0.39 is 10.0 Å². The zero-order valence-corrected chi connectivity index (χ0v) is 12.2. The highest BCUT2D eigenvalue weighted by Gasteiger charge is 2.22. The minimum Gasteiger partial charge on any atom is -0.479 e. The Morgan fingerprint density at radius 1 is 1.10 bits per heavy atom. The van der Waals surface area contributed by atoms with E-state index in [1.165, 1.54) is 19.8 Å². The summed E-state index contributed by atoms with van der Waals surface area (Å²) in [6.07, 6.45) is 2.45. The van der Waals surface area contributed by atoms with E-state index in [9.17, 15) is 8.42 Å². The summed E-state index contributed by atoms with van der Waals surface area (Å²) < 4.78 is 31.4. The zero-order valence-electron chi connectivity index (χ0n) is 11.4. The van der Waals surface area contributed by atoms with Gasteiger partial charge in [0.1, 0.15) is 12.7 Å². The van der Waals surface area contributed by atoms with Crippen LogP contribution in [0.2, 0.25) is 0 Å². The number of fused-ring (bicyclic) bond motifs is 1. The molecule has 0 fully saturated rings. The Labute approximate surface area is 121 Å². The average Bonchev–Trinajstić information content (AvgIpc) is 2.92. The summed E-state index contributed by atoms with van der Waals surface area (Å²) in [5, 5.41) is 0. The zero-order chi connectivity index (χ0) is 15.0. The minimum absolute atomic E-state index is 0.171. The topological polar surface area (TPSA) is 87.0 Å². The summed E-state index contributed by atoms with van der Waals surface area (Å²) in [4.78, 5) is 12.1. The third-order valence-corrected chi connectivity index (χ3v) is 4.69. The third-order valence-electron chi connectivity index (χ3n) is 3.04. The van der Waals surface area contributed by atoms with E-state index in [1.807, 2.05) is 6.92 Å². The molecule has 3 rings (SSSR count). The van der Waals surface area contributed by atoms with E-state index in [4.69, 9.17) is 4.74 Å². The Bertz CT molecular complexity index is 901. The molecule has 0 N–H and O–H groups in total. The van der Waals surface area contributed by atoms with Gasteiger partial charge in [0.2, 0.25) is 5.88 Å². The van der Waals surface area contributed by atoms with Gasteiger partial charge in [-0.1, -0.05) is 17.7 Å². The van der Waals surface area contributed by atoms with E-state index in [2.05, 4.69) is 15.0 Å². The molecule has 3 aromatic rings. The fourth-order valence-corrected chi connectivity index (χ4v) is 3.18. The summed E-state index contributed by atoms with van der Waals surface area (Å²) in [5.41, 5.74) is 1.46. The number of imidazole rings is 1. The number of aryl methyl sites for hydroxylation is 1. The van der Waals surface area contributed by atoms with Crippen LogP contribution in [0.15, 0.2) is 41.8 Å². The van der Waals surface area contributed by atoms with E-state index in [0.29, 0.717) is 5.52 Å². The molecule has 0 unspecified atom stereocenters. The lowest BCUT2D eigenvalue weighted by Gasteiger charge is -2.06. The van der Waals surface area contributed by atoms with Gasteiger partial charge in [0, 0.05) is 0 Å². The third kappa shape index (κ3) is 2.13. The van der Waals surface area contributed by atoms with Crippen molar-refractivity contribution >= 4 is 21.2 Å². The van der Waals surface area contributed by atoms with Crippen molar-refractivity contribution in [3.05, 3.63) is 42.5 Å². The standard InChI is InChI=1S/C13H12N4O3S/c1-9-3-5-10(6-4-9)21(18,19)17-8-16-11-12(17)14-7-15-13(11)20-2/h3-8H,1-2H3. The molecule has 7 nitrogen and oxygen atoms in total. The van der Waals surface area contributed by atoms with Crippen molar-refractivity contribution in [3.63, 3.8) is 0 Å². The normalized spacial score (nSPS) is 11.7. The molecular weight excluding hydrogens is 292 g/mol. The number of rotatable bonds is 3. The predicted molar refractivity (Wildman–Crippen MR) is 75.6 cm³/mol. The number of hydrogen-bond acceptors (Lipinski definition) is 6. The lowest BCUT2D eigenvalue weighted by molar-refractivity contribution is 0.401. The molecule has 0 bridgehead atoms.